The van der Waals surface area contributed by atoms with E-state index in [0.29, 0.717) is 32.5 Å². The van der Waals surface area contributed by atoms with E-state index in [-0.39, 0.29) is 17.9 Å². The molecule has 2 aliphatic rings. The van der Waals surface area contributed by atoms with Gasteiger partial charge in [0.2, 0.25) is 11.8 Å². The highest BCUT2D eigenvalue weighted by molar-refractivity contribution is 5.79. The number of nitrogens with zero attached hydrogens (tertiary/aromatic N) is 5. The second-order valence-corrected chi connectivity index (χ2v) is 7.74. The molecule has 0 bridgehead atoms. The first-order valence-electron chi connectivity index (χ1n) is 10.2. The molecule has 1 atom stereocenters. The molecule has 0 aliphatic carbocycles. The van der Waals surface area contributed by atoms with Crippen molar-refractivity contribution in [3.05, 3.63) is 36.2 Å². The van der Waals surface area contributed by atoms with E-state index in [1.165, 1.54) is 0 Å². The van der Waals surface area contributed by atoms with Crippen LogP contribution in [-0.4, -0.2) is 56.0 Å². The fourth-order valence-electron chi connectivity index (χ4n) is 4.17. The number of amides is 2. The zero-order valence-electron chi connectivity index (χ0n) is 16.4. The highest BCUT2D eigenvalue weighted by atomic mass is 16.2. The highest BCUT2D eigenvalue weighted by Crippen LogP contribution is 2.27. The maximum atomic E-state index is 12.8. The molecule has 1 fully saturated rings. The van der Waals surface area contributed by atoms with Crippen molar-refractivity contribution < 1.29 is 9.59 Å². The summed E-state index contributed by atoms with van der Waals surface area (Å²) in [6.45, 7) is 4.49. The molecule has 2 aromatic rings. The Bertz CT molecular complexity index is 848. The molecular weight excluding hydrogens is 354 g/mol. The lowest BCUT2D eigenvalue weighted by Gasteiger charge is -2.33. The van der Waals surface area contributed by atoms with Gasteiger partial charge in [0.1, 0.15) is 0 Å². The molecule has 1 aromatic heterocycles. The number of hydrogen-bond donors (Lipinski definition) is 0. The summed E-state index contributed by atoms with van der Waals surface area (Å²) in [6.07, 6.45) is 4.08. The molecule has 3 heterocycles. The normalized spacial score (nSPS) is 20.0. The Morgan fingerprint density at radius 3 is 2.79 bits per heavy atom. The molecule has 0 unspecified atom stereocenters. The minimum absolute atomic E-state index is 0.0828. The van der Waals surface area contributed by atoms with E-state index in [4.69, 9.17) is 0 Å². The zero-order chi connectivity index (χ0) is 19.5. The largest absolute Gasteiger partial charge is 0.342 e. The molecule has 1 saturated heterocycles. The lowest BCUT2D eigenvalue weighted by atomic mass is 10.1. The van der Waals surface area contributed by atoms with Gasteiger partial charge in [0.25, 0.3) is 0 Å². The van der Waals surface area contributed by atoms with Gasteiger partial charge < -0.3 is 14.4 Å². The van der Waals surface area contributed by atoms with Gasteiger partial charge in [-0.2, -0.15) is 0 Å². The quantitative estimate of drug-likeness (QED) is 0.816. The minimum atomic E-state index is 0.0828. The number of hydrogen-bond acceptors (Lipinski definition) is 4. The molecule has 1 aromatic carbocycles. The Labute approximate surface area is 165 Å². The summed E-state index contributed by atoms with van der Waals surface area (Å²) in [7, 11) is 0. The first-order valence-corrected chi connectivity index (χ1v) is 10.2. The van der Waals surface area contributed by atoms with Crippen LogP contribution in [0.5, 0.6) is 0 Å². The summed E-state index contributed by atoms with van der Waals surface area (Å²) in [5.74, 6) is 1.94. The Kier molecular flexibility index (Phi) is 5.41. The number of benzene rings is 1. The van der Waals surface area contributed by atoms with Crippen molar-refractivity contribution in [1.29, 1.82) is 0 Å². The fraction of sp³-hybridized carbons (Fsp3) is 0.524. The molecule has 2 aliphatic heterocycles. The number of fused-ring (bicyclic) bond motifs is 1. The minimum Gasteiger partial charge on any atom is -0.342 e. The highest BCUT2D eigenvalue weighted by Gasteiger charge is 2.30. The van der Waals surface area contributed by atoms with Crippen molar-refractivity contribution in [1.82, 2.24) is 24.6 Å². The van der Waals surface area contributed by atoms with E-state index in [1.807, 2.05) is 40.1 Å². The maximum Gasteiger partial charge on any atom is 0.224 e. The maximum absolute atomic E-state index is 12.8. The number of carbonyl (C=O) groups excluding carboxylic acids is 2. The fourth-order valence-corrected chi connectivity index (χ4v) is 4.17. The van der Waals surface area contributed by atoms with Crippen molar-refractivity contribution in [3.63, 3.8) is 0 Å². The van der Waals surface area contributed by atoms with Gasteiger partial charge in [-0.25, -0.2) is 0 Å². The Morgan fingerprint density at radius 2 is 1.96 bits per heavy atom. The van der Waals surface area contributed by atoms with E-state index in [9.17, 15) is 9.59 Å². The molecule has 0 saturated carbocycles. The van der Waals surface area contributed by atoms with Crippen molar-refractivity contribution in [2.24, 2.45) is 0 Å². The van der Waals surface area contributed by atoms with Gasteiger partial charge in [-0.15, -0.1) is 10.2 Å². The van der Waals surface area contributed by atoms with E-state index < -0.39 is 0 Å². The van der Waals surface area contributed by atoms with Gasteiger partial charge in [-0.05, 0) is 19.8 Å². The molecule has 28 heavy (non-hydrogen) atoms. The molecule has 2 amide bonds. The monoisotopic (exact) mass is 381 g/mol. The predicted molar refractivity (Wildman–Crippen MR) is 105 cm³/mol. The van der Waals surface area contributed by atoms with Gasteiger partial charge in [0, 0.05) is 38.0 Å². The van der Waals surface area contributed by atoms with Crippen molar-refractivity contribution in [3.8, 4) is 11.4 Å². The zero-order valence-corrected chi connectivity index (χ0v) is 16.4. The number of rotatable bonds is 4. The van der Waals surface area contributed by atoms with Gasteiger partial charge in [-0.3, -0.25) is 9.59 Å². The van der Waals surface area contributed by atoms with Crippen LogP contribution in [-0.2, 0) is 16.1 Å². The third-order valence-electron chi connectivity index (χ3n) is 5.68. The van der Waals surface area contributed by atoms with Crippen LogP contribution in [0, 0.1) is 0 Å². The number of likely N-dealkylation sites (tertiary alicyclic amines) is 1. The SMILES string of the molecule is C[C@H]1CN(C(=O)CCN2CCCCCC2=O)Cc2nnc(-c3ccccc3)n21. The van der Waals surface area contributed by atoms with Crippen molar-refractivity contribution >= 4 is 11.8 Å². The topological polar surface area (TPSA) is 71.3 Å². The van der Waals surface area contributed by atoms with Gasteiger partial charge in [0.05, 0.1) is 12.6 Å². The molecular formula is C21H27N5O2. The van der Waals surface area contributed by atoms with Gasteiger partial charge in [-0.1, -0.05) is 36.8 Å². The summed E-state index contributed by atoms with van der Waals surface area (Å²) < 4.78 is 2.14. The van der Waals surface area contributed by atoms with Crippen molar-refractivity contribution in [2.75, 3.05) is 19.6 Å². The van der Waals surface area contributed by atoms with Gasteiger partial charge >= 0.3 is 0 Å². The first-order chi connectivity index (χ1) is 13.6. The Hall–Kier alpha value is -2.70. The molecule has 7 heteroatoms. The Balaban J connectivity index is 1.42. The number of aromatic nitrogens is 3. The summed E-state index contributed by atoms with van der Waals surface area (Å²) >= 11 is 0. The molecule has 4 rings (SSSR count). The van der Waals surface area contributed by atoms with E-state index in [1.54, 1.807) is 0 Å². The third kappa shape index (κ3) is 3.79. The van der Waals surface area contributed by atoms with Crippen LogP contribution in [0.4, 0.5) is 0 Å². The van der Waals surface area contributed by atoms with Crippen LogP contribution in [0.25, 0.3) is 11.4 Å². The van der Waals surface area contributed by atoms with E-state index in [0.717, 1.165) is 43.0 Å². The van der Waals surface area contributed by atoms with E-state index in [2.05, 4.69) is 21.7 Å². The smallest absolute Gasteiger partial charge is 0.224 e. The standard InChI is InChI=1S/C21H27N5O2/c1-16-14-25(20(28)11-13-24-12-7-3-6-10-19(24)27)15-18-22-23-21(26(16)18)17-8-4-2-5-9-17/h2,4-5,8-9,16H,3,6-7,10-15H2,1H3/t16-/m0/s1. The molecule has 0 radical (unpaired) electrons. The second kappa shape index (κ2) is 8.12. The summed E-state index contributed by atoms with van der Waals surface area (Å²) in [4.78, 5) is 28.6. The Morgan fingerprint density at radius 1 is 1.14 bits per heavy atom. The van der Waals surface area contributed by atoms with E-state index >= 15 is 0 Å². The van der Waals surface area contributed by atoms with Crippen LogP contribution < -0.4 is 0 Å². The van der Waals surface area contributed by atoms with Crippen LogP contribution in [0.2, 0.25) is 0 Å². The average molecular weight is 381 g/mol. The molecule has 0 spiro atoms. The summed E-state index contributed by atoms with van der Waals surface area (Å²) in [5, 5.41) is 8.72. The molecule has 148 valence electrons. The predicted octanol–water partition coefficient (Wildman–Crippen LogP) is 2.64. The van der Waals surface area contributed by atoms with Crippen molar-refractivity contribution in [2.45, 2.75) is 51.6 Å². The summed E-state index contributed by atoms with van der Waals surface area (Å²) in [5.41, 5.74) is 1.03. The van der Waals surface area contributed by atoms with Crippen LogP contribution in [0.1, 0.15) is 50.9 Å². The lowest BCUT2D eigenvalue weighted by Crippen LogP contribution is -2.42. The van der Waals surface area contributed by atoms with Crippen LogP contribution >= 0.6 is 0 Å². The first kappa shape index (κ1) is 18.7. The molecule has 7 nitrogen and oxygen atoms in total. The average Bonchev–Trinajstić information content (AvgIpc) is 3.04. The van der Waals surface area contributed by atoms with Gasteiger partial charge in [0.15, 0.2) is 11.6 Å². The summed E-state index contributed by atoms with van der Waals surface area (Å²) in [6, 6.07) is 10.1. The molecule has 0 N–H and O–H groups in total. The second-order valence-electron chi connectivity index (χ2n) is 7.74. The van der Waals surface area contributed by atoms with Crippen LogP contribution in [0.15, 0.2) is 30.3 Å². The third-order valence-corrected chi connectivity index (χ3v) is 5.68. The lowest BCUT2D eigenvalue weighted by molar-refractivity contribution is -0.135. The van der Waals surface area contributed by atoms with Crippen LogP contribution in [0.3, 0.4) is 0 Å². The number of carbonyl (C=O) groups is 2.